The van der Waals surface area contributed by atoms with E-state index in [0.29, 0.717) is 16.6 Å². The van der Waals surface area contributed by atoms with Crippen LogP contribution in [0.4, 0.5) is 4.39 Å². The standard InChI is InChI=1S/C15H16BrFN2O3/c1-8-12-11(6-18-2)22-19(14(12)15(20)21-8)7-9-4-3-5-10(16)13(9)17/h3-5,8,11-12,14H,2,6-7H2,1H3/t8-,11-,12+,14-/m0/s1. The van der Waals surface area contributed by atoms with Crippen molar-refractivity contribution in [3.8, 4) is 0 Å². The number of ether oxygens (including phenoxy) is 1. The summed E-state index contributed by atoms with van der Waals surface area (Å²) in [5, 5.41) is 1.51. The van der Waals surface area contributed by atoms with Crippen molar-refractivity contribution in [1.29, 1.82) is 0 Å². The molecule has 1 aromatic rings. The van der Waals surface area contributed by atoms with Crippen LogP contribution in [0.1, 0.15) is 12.5 Å². The highest BCUT2D eigenvalue weighted by Gasteiger charge is 2.56. The van der Waals surface area contributed by atoms with Crippen LogP contribution in [0, 0.1) is 11.7 Å². The van der Waals surface area contributed by atoms with Crippen molar-refractivity contribution in [2.45, 2.75) is 31.7 Å². The van der Waals surface area contributed by atoms with Gasteiger partial charge in [0.1, 0.15) is 24.1 Å². The van der Waals surface area contributed by atoms with Gasteiger partial charge in [-0.2, -0.15) is 5.06 Å². The van der Waals surface area contributed by atoms with Crippen LogP contribution in [0.2, 0.25) is 0 Å². The van der Waals surface area contributed by atoms with Crippen molar-refractivity contribution in [3.05, 3.63) is 34.1 Å². The van der Waals surface area contributed by atoms with Gasteiger partial charge in [-0.1, -0.05) is 12.1 Å². The molecular formula is C15H16BrFN2O3. The summed E-state index contributed by atoms with van der Waals surface area (Å²) < 4.78 is 19.8. The molecule has 2 aliphatic heterocycles. The molecule has 0 bridgehead atoms. The zero-order chi connectivity index (χ0) is 15.9. The number of aliphatic imine (C=N–C) groups is 1. The van der Waals surface area contributed by atoms with Crippen LogP contribution in [-0.2, 0) is 20.9 Å². The zero-order valence-electron chi connectivity index (χ0n) is 12.0. The van der Waals surface area contributed by atoms with Gasteiger partial charge >= 0.3 is 5.97 Å². The molecule has 2 heterocycles. The number of nitrogens with zero attached hydrogens (tertiary/aromatic N) is 2. The molecule has 3 rings (SSSR count). The number of rotatable bonds is 4. The number of hydrogen-bond donors (Lipinski definition) is 0. The first kappa shape index (κ1) is 15.6. The lowest BCUT2D eigenvalue weighted by Gasteiger charge is -2.20. The Morgan fingerprint density at radius 3 is 3.00 bits per heavy atom. The molecule has 2 fully saturated rings. The Morgan fingerprint density at radius 1 is 1.50 bits per heavy atom. The molecule has 22 heavy (non-hydrogen) atoms. The molecule has 0 saturated carbocycles. The maximum atomic E-state index is 14.1. The first-order valence-corrected chi connectivity index (χ1v) is 7.81. The summed E-state index contributed by atoms with van der Waals surface area (Å²) in [6, 6.07) is 4.51. The second kappa shape index (κ2) is 6.06. The Hall–Kier alpha value is -1.31. The second-order valence-electron chi connectivity index (χ2n) is 5.50. The highest BCUT2D eigenvalue weighted by atomic mass is 79.9. The van der Waals surface area contributed by atoms with Crippen molar-refractivity contribution in [3.63, 3.8) is 0 Å². The largest absolute Gasteiger partial charge is 0.461 e. The molecule has 7 heteroatoms. The van der Waals surface area contributed by atoms with Crippen LogP contribution in [-0.4, -0.2) is 42.5 Å². The van der Waals surface area contributed by atoms with Gasteiger partial charge in [0.2, 0.25) is 0 Å². The minimum Gasteiger partial charge on any atom is -0.461 e. The third-order valence-corrected chi connectivity index (χ3v) is 4.74. The minimum absolute atomic E-state index is 0.117. The number of fused-ring (bicyclic) bond motifs is 1. The Kier molecular flexibility index (Phi) is 4.29. The summed E-state index contributed by atoms with van der Waals surface area (Å²) in [4.78, 5) is 21.8. The van der Waals surface area contributed by atoms with Crippen molar-refractivity contribution in [1.82, 2.24) is 5.06 Å². The van der Waals surface area contributed by atoms with Gasteiger partial charge in [-0.3, -0.25) is 14.6 Å². The highest BCUT2D eigenvalue weighted by Crippen LogP contribution is 2.39. The van der Waals surface area contributed by atoms with Crippen molar-refractivity contribution < 1.29 is 18.8 Å². The first-order valence-electron chi connectivity index (χ1n) is 7.02. The molecule has 118 valence electrons. The maximum Gasteiger partial charge on any atom is 0.326 e. The Bertz CT molecular complexity index is 612. The van der Waals surface area contributed by atoms with Crippen molar-refractivity contribution in [2.24, 2.45) is 10.9 Å². The number of hydroxylamine groups is 2. The third kappa shape index (κ3) is 2.57. The van der Waals surface area contributed by atoms with Gasteiger partial charge in [0.15, 0.2) is 0 Å². The summed E-state index contributed by atoms with van der Waals surface area (Å²) >= 11 is 3.16. The summed E-state index contributed by atoms with van der Waals surface area (Å²) in [5.74, 6) is -0.806. The van der Waals surface area contributed by atoms with Gasteiger partial charge in [0.25, 0.3) is 0 Å². The van der Waals surface area contributed by atoms with Crippen LogP contribution in [0.5, 0.6) is 0 Å². The number of esters is 1. The maximum absolute atomic E-state index is 14.1. The molecule has 0 unspecified atom stereocenters. The molecule has 0 aliphatic carbocycles. The van der Waals surface area contributed by atoms with E-state index in [0.717, 1.165) is 0 Å². The van der Waals surface area contributed by atoms with Gasteiger partial charge in [-0.25, -0.2) is 4.39 Å². The van der Waals surface area contributed by atoms with E-state index in [1.165, 1.54) is 5.06 Å². The molecule has 0 amide bonds. The number of hydrogen-bond acceptors (Lipinski definition) is 5. The monoisotopic (exact) mass is 370 g/mol. The van der Waals surface area contributed by atoms with Crippen molar-refractivity contribution in [2.75, 3.05) is 6.54 Å². The summed E-state index contributed by atoms with van der Waals surface area (Å²) in [7, 11) is 0. The van der Waals surface area contributed by atoms with Gasteiger partial charge < -0.3 is 4.74 Å². The lowest BCUT2D eigenvalue weighted by molar-refractivity contribution is -0.188. The molecule has 5 nitrogen and oxygen atoms in total. The van der Waals surface area contributed by atoms with Crippen LogP contribution in [0.3, 0.4) is 0 Å². The average Bonchev–Trinajstić information content (AvgIpc) is 2.96. The lowest BCUT2D eigenvalue weighted by atomic mass is 9.92. The van der Waals surface area contributed by atoms with Gasteiger partial charge in [0.05, 0.1) is 23.5 Å². The minimum atomic E-state index is -0.528. The molecule has 2 aliphatic rings. The Morgan fingerprint density at radius 2 is 2.27 bits per heavy atom. The average molecular weight is 371 g/mol. The number of halogens is 2. The SMILES string of the molecule is C=NC[C@@H]1ON(Cc2cccc(Br)c2F)[C@@H]2C(=O)O[C@@H](C)[C@H]12. The van der Waals surface area contributed by atoms with Gasteiger partial charge in [0, 0.05) is 5.56 Å². The topological polar surface area (TPSA) is 51.1 Å². The van der Waals surface area contributed by atoms with Crippen molar-refractivity contribution >= 4 is 28.6 Å². The van der Waals surface area contributed by atoms with Gasteiger partial charge in [-0.15, -0.1) is 0 Å². The van der Waals surface area contributed by atoms with E-state index < -0.39 is 6.04 Å². The molecule has 0 N–H and O–H groups in total. The zero-order valence-corrected chi connectivity index (χ0v) is 13.6. The molecule has 2 saturated heterocycles. The van der Waals surface area contributed by atoms with Crippen LogP contribution >= 0.6 is 15.9 Å². The molecular weight excluding hydrogens is 355 g/mol. The normalized spacial score (nSPS) is 31.1. The number of benzene rings is 1. The van der Waals surface area contributed by atoms with E-state index in [1.807, 2.05) is 6.92 Å². The first-order chi connectivity index (χ1) is 10.5. The fourth-order valence-corrected chi connectivity index (χ4v) is 3.53. The molecule has 0 spiro atoms. The van der Waals surface area contributed by atoms with Crippen LogP contribution in [0.25, 0.3) is 0 Å². The van der Waals surface area contributed by atoms with E-state index in [4.69, 9.17) is 9.57 Å². The number of cyclic esters (lactones) is 1. The smallest absolute Gasteiger partial charge is 0.326 e. The van der Waals surface area contributed by atoms with E-state index in [9.17, 15) is 9.18 Å². The number of carbonyl (C=O) groups is 1. The molecule has 0 radical (unpaired) electrons. The predicted molar refractivity (Wildman–Crippen MR) is 81.8 cm³/mol. The summed E-state index contributed by atoms with van der Waals surface area (Å²) in [5.41, 5.74) is 0.452. The van der Waals surface area contributed by atoms with E-state index in [-0.39, 0.29) is 36.5 Å². The summed E-state index contributed by atoms with van der Waals surface area (Å²) in [6.45, 7) is 5.86. The number of carbonyl (C=O) groups excluding carboxylic acids is 1. The van der Waals surface area contributed by atoms with E-state index in [2.05, 4.69) is 27.6 Å². The fourth-order valence-electron chi connectivity index (χ4n) is 3.13. The predicted octanol–water partition coefficient (Wildman–Crippen LogP) is 2.33. The molecule has 1 aromatic carbocycles. The fraction of sp³-hybridized carbons (Fsp3) is 0.467. The van der Waals surface area contributed by atoms with Crippen LogP contribution in [0.15, 0.2) is 27.7 Å². The van der Waals surface area contributed by atoms with Crippen LogP contribution < -0.4 is 0 Å². The molecule has 0 aromatic heterocycles. The quantitative estimate of drug-likeness (QED) is 0.602. The summed E-state index contributed by atoms with van der Waals surface area (Å²) in [6.07, 6.45) is -0.527. The van der Waals surface area contributed by atoms with Gasteiger partial charge in [-0.05, 0) is 35.6 Å². The molecule has 4 atom stereocenters. The second-order valence-corrected chi connectivity index (χ2v) is 6.36. The lowest BCUT2D eigenvalue weighted by Crippen LogP contribution is -2.35. The van der Waals surface area contributed by atoms with E-state index >= 15 is 0 Å². The van der Waals surface area contributed by atoms with E-state index in [1.54, 1.807) is 18.2 Å². The Labute approximate surface area is 136 Å². The Balaban J connectivity index is 1.86. The highest BCUT2D eigenvalue weighted by molar-refractivity contribution is 9.10. The third-order valence-electron chi connectivity index (χ3n) is 4.13.